The second kappa shape index (κ2) is 5.84. The largest absolute Gasteiger partial charge is 0.352 e. The molecule has 23 heavy (non-hydrogen) atoms. The maximum absolute atomic E-state index is 12.4. The lowest BCUT2D eigenvalue weighted by Gasteiger charge is -2.07. The lowest BCUT2D eigenvalue weighted by Crippen LogP contribution is -2.24. The van der Waals surface area contributed by atoms with Crippen LogP contribution in [0.25, 0.3) is 10.8 Å². The van der Waals surface area contributed by atoms with Crippen LogP contribution in [0.15, 0.2) is 67.0 Å². The molecule has 1 fully saturated rings. The SMILES string of the molecule is O=C(NCc1cccnc1)[C@@H]1C[C@H]1c1cccc2ccccc12. The van der Waals surface area contributed by atoms with Gasteiger partial charge in [-0.25, -0.2) is 0 Å². The summed E-state index contributed by atoms with van der Waals surface area (Å²) in [5.74, 6) is 0.583. The molecule has 1 amide bonds. The van der Waals surface area contributed by atoms with E-state index in [4.69, 9.17) is 0 Å². The predicted octanol–water partition coefficient (Wildman–Crippen LogP) is 3.65. The molecule has 2 aromatic carbocycles. The fourth-order valence-electron chi connectivity index (χ4n) is 3.23. The van der Waals surface area contributed by atoms with Crippen LogP contribution < -0.4 is 5.32 Å². The highest BCUT2D eigenvalue weighted by Crippen LogP contribution is 2.49. The standard InChI is InChI=1S/C20H18N2O/c23-20(22-13-14-5-4-10-21-12-14)19-11-18(19)17-9-3-7-15-6-1-2-8-16(15)17/h1-10,12,18-19H,11,13H2,(H,22,23)/t18-,19+/m0/s1. The molecule has 0 saturated heterocycles. The number of rotatable bonds is 4. The first-order valence-electron chi connectivity index (χ1n) is 7.97. The van der Waals surface area contributed by atoms with Gasteiger partial charge in [-0.1, -0.05) is 48.5 Å². The van der Waals surface area contributed by atoms with Crippen molar-refractivity contribution in [3.8, 4) is 0 Å². The third kappa shape index (κ3) is 2.82. The van der Waals surface area contributed by atoms with Crippen molar-refractivity contribution in [2.24, 2.45) is 5.92 Å². The minimum absolute atomic E-state index is 0.0949. The van der Waals surface area contributed by atoms with Crippen molar-refractivity contribution < 1.29 is 4.79 Å². The third-order valence-corrected chi connectivity index (χ3v) is 4.54. The quantitative estimate of drug-likeness (QED) is 0.799. The maximum atomic E-state index is 12.4. The molecule has 0 spiro atoms. The van der Waals surface area contributed by atoms with Gasteiger partial charge in [0.05, 0.1) is 0 Å². The van der Waals surface area contributed by atoms with Gasteiger partial charge < -0.3 is 5.32 Å². The Labute approximate surface area is 135 Å². The first-order chi connectivity index (χ1) is 11.3. The van der Waals surface area contributed by atoms with Gasteiger partial charge in [0.1, 0.15) is 0 Å². The Kier molecular flexibility index (Phi) is 3.54. The summed E-state index contributed by atoms with van der Waals surface area (Å²) in [6.07, 6.45) is 4.46. The van der Waals surface area contributed by atoms with Crippen LogP contribution in [0.1, 0.15) is 23.5 Å². The Morgan fingerprint density at radius 3 is 2.83 bits per heavy atom. The molecule has 3 nitrogen and oxygen atoms in total. The van der Waals surface area contributed by atoms with Crippen molar-refractivity contribution in [1.82, 2.24) is 10.3 Å². The highest BCUT2D eigenvalue weighted by Gasteiger charge is 2.44. The molecule has 0 aliphatic heterocycles. The Balaban J connectivity index is 1.46. The van der Waals surface area contributed by atoms with E-state index in [0.717, 1.165) is 12.0 Å². The summed E-state index contributed by atoms with van der Waals surface area (Å²) < 4.78 is 0. The van der Waals surface area contributed by atoms with Crippen molar-refractivity contribution >= 4 is 16.7 Å². The summed E-state index contributed by atoms with van der Waals surface area (Å²) in [7, 11) is 0. The van der Waals surface area contributed by atoms with Gasteiger partial charge >= 0.3 is 0 Å². The van der Waals surface area contributed by atoms with Crippen LogP contribution in [-0.2, 0) is 11.3 Å². The van der Waals surface area contributed by atoms with Crippen LogP contribution in [0.2, 0.25) is 0 Å². The number of hydrogen-bond acceptors (Lipinski definition) is 2. The molecule has 114 valence electrons. The van der Waals surface area contributed by atoms with E-state index in [1.807, 2.05) is 12.1 Å². The van der Waals surface area contributed by atoms with Crippen molar-refractivity contribution in [2.75, 3.05) is 0 Å². The Morgan fingerprint density at radius 1 is 1.09 bits per heavy atom. The van der Waals surface area contributed by atoms with Gasteiger partial charge in [0.2, 0.25) is 5.91 Å². The summed E-state index contributed by atoms with van der Waals surface area (Å²) in [6.45, 7) is 0.547. The van der Waals surface area contributed by atoms with Crippen molar-refractivity contribution in [3.05, 3.63) is 78.1 Å². The molecule has 3 aromatic rings. The number of amides is 1. The van der Waals surface area contributed by atoms with Gasteiger partial charge in [0.25, 0.3) is 0 Å². The zero-order chi connectivity index (χ0) is 15.6. The second-order valence-electron chi connectivity index (χ2n) is 6.10. The van der Waals surface area contributed by atoms with Crippen LogP contribution >= 0.6 is 0 Å². The number of carbonyl (C=O) groups excluding carboxylic acids is 1. The van der Waals surface area contributed by atoms with E-state index in [0.29, 0.717) is 12.5 Å². The Morgan fingerprint density at radius 2 is 1.96 bits per heavy atom. The first-order valence-corrected chi connectivity index (χ1v) is 7.97. The molecule has 3 heteroatoms. The summed E-state index contributed by atoms with van der Waals surface area (Å²) in [4.78, 5) is 16.4. The number of pyridine rings is 1. The number of nitrogens with zero attached hydrogens (tertiary/aromatic N) is 1. The van der Waals surface area contributed by atoms with E-state index in [-0.39, 0.29) is 11.8 Å². The first kappa shape index (κ1) is 13.9. The van der Waals surface area contributed by atoms with Gasteiger partial charge in [-0.3, -0.25) is 9.78 Å². The zero-order valence-corrected chi connectivity index (χ0v) is 12.8. The minimum Gasteiger partial charge on any atom is -0.352 e. The topological polar surface area (TPSA) is 42.0 Å². The second-order valence-corrected chi connectivity index (χ2v) is 6.10. The summed E-state index contributed by atoms with van der Waals surface area (Å²) in [6, 6.07) is 18.6. The van der Waals surface area contributed by atoms with Crippen LogP contribution in [0.3, 0.4) is 0 Å². The average Bonchev–Trinajstić information content (AvgIpc) is 3.41. The number of benzene rings is 2. The van der Waals surface area contributed by atoms with Gasteiger partial charge in [-0.05, 0) is 40.3 Å². The van der Waals surface area contributed by atoms with Gasteiger partial charge in [0, 0.05) is 24.9 Å². The molecule has 1 aromatic heterocycles. The fraction of sp³-hybridized carbons (Fsp3) is 0.200. The lowest BCUT2D eigenvalue weighted by atomic mass is 10.00. The van der Waals surface area contributed by atoms with Gasteiger partial charge in [-0.2, -0.15) is 0 Å². The van der Waals surface area contributed by atoms with E-state index < -0.39 is 0 Å². The maximum Gasteiger partial charge on any atom is 0.224 e. The molecule has 1 saturated carbocycles. The smallest absolute Gasteiger partial charge is 0.224 e. The predicted molar refractivity (Wildman–Crippen MR) is 90.9 cm³/mol. The molecule has 1 N–H and O–H groups in total. The van der Waals surface area contributed by atoms with Crippen molar-refractivity contribution in [3.63, 3.8) is 0 Å². The summed E-state index contributed by atoms with van der Waals surface area (Å²) in [5, 5.41) is 5.54. The molecule has 4 rings (SSSR count). The van der Waals surface area contributed by atoms with Crippen LogP contribution in [0, 0.1) is 5.92 Å². The van der Waals surface area contributed by atoms with Crippen LogP contribution in [-0.4, -0.2) is 10.9 Å². The van der Waals surface area contributed by atoms with E-state index in [1.54, 1.807) is 12.4 Å². The molecule has 0 radical (unpaired) electrons. The monoisotopic (exact) mass is 302 g/mol. The fourth-order valence-corrected chi connectivity index (χ4v) is 3.23. The molecule has 2 atom stereocenters. The van der Waals surface area contributed by atoms with E-state index in [9.17, 15) is 4.79 Å². The molecule has 1 heterocycles. The molecule has 0 bridgehead atoms. The normalized spacial score (nSPS) is 19.5. The highest BCUT2D eigenvalue weighted by molar-refractivity contribution is 5.89. The molecule has 1 aliphatic carbocycles. The number of carbonyl (C=O) groups is 1. The summed E-state index contributed by atoms with van der Waals surface area (Å²) >= 11 is 0. The Bertz CT molecular complexity index is 839. The van der Waals surface area contributed by atoms with Crippen molar-refractivity contribution in [1.29, 1.82) is 0 Å². The van der Waals surface area contributed by atoms with E-state index >= 15 is 0 Å². The molecular weight excluding hydrogens is 284 g/mol. The average molecular weight is 302 g/mol. The number of aromatic nitrogens is 1. The van der Waals surface area contributed by atoms with E-state index in [1.165, 1.54) is 16.3 Å². The van der Waals surface area contributed by atoms with Crippen LogP contribution in [0.4, 0.5) is 0 Å². The highest BCUT2D eigenvalue weighted by atomic mass is 16.2. The third-order valence-electron chi connectivity index (χ3n) is 4.54. The zero-order valence-electron chi connectivity index (χ0n) is 12.8. The lowest BCUT2D eigenvalue weighted by molar-refractivity contribution is -0.122. The van der Waals surface area contributed by atoms with E-state index in [2.05, 4.69) is 52.8 Å². The molecule has 1 aliphatic rings. The number of fused-ring (bicyclic) bond motifs is 1. The van der Waals surface area contributed by atoms with Crippen molar-refractivity contribution in [2.45, 2.75) is 18.9 Å². The number of hydrogen-bond donors (Lipinski definition) is 1. The van der Waals surface area contributed by atoms with Gasteiger partial charge in [-0.15, -0.1) is 0 Å². The van der Waals surface area contributed by atoms with Crippen LogP contribution in [0.5, 0.6) is 0 Å². The molecular formula is C20H18N2O. The Hall–Kier alpha value is -2.68. The van der Waals surface area contributed by atoms with Gasteiger partial charge in [0.15, 0.2) is 0 Å². The minimum atomic E-state index is 0.0949. The summed E-state index contributed by atoms with van der Waals surface area (Å²) in [5.41, 5.74) is 2.33. The molecule has 0 unspecified atom stereocenters. The number of nitrogens with one attached hydrogen (secondary N) is 1.